The van der Waals surface area contributed by atoms with Crippen molar-refractivity contribution in [2.45, 2.75) is 25.3 Å². The predicted octanol–water partition coefficient (Wildman–Crippen LogP) is 3.28. The number of nitrogens with one attached hydrogen (secondary N) is 1. The van der Waals surface area contributed by atoms with Crippen LogP contribution in [0.15, 0.2) is 36.4 Å². The molecular formula is C21H21FN4O2S. The van der Waals surface area contributed by atoms with E-state index in [0.29, 0.717) is 21.9 Å². The number of hydrogen-bond acceptors (Lipinski definition) is 5. The Labute approximate surface area is 171 Å². The highest BCUT2D eigenvalue weighted by atomic mass is 32.1. The van der Waals surface area contributed by atoms with Crippen LogP contribution in [0.5, 0.6) is 0 Å². The highest BCUT2D eigenvalue weighted by Crippen LogP contribution is 2.36. The highest BCUT2D eigenvalue weighted by molar-refractivity contribution is 7.21. The molecule has 2 aromatic heterocycles. The van der Waals surface area contributed by atoms with Crippen LogP contribution in [0.3, 0.4) is 0 Å². The zero-order chi connectivity index (χ0) is 20.5. The third kappa shape index (κ3) is 3.67. The Kier molecular flexibility index (Phi) is 5.19. The molecule has 3 aromatic rings. The first-order valence-corrected chi connectivity index (χ1v) is 10.2. The van der Waals surface area contributed by atoms with Crippen molar-refractivity contribution in [3.8, 4) is 0 Å². The second-order valence-corrected chi connectivity index (χ2v) is 8.06. The van der Waals surface area contributed by atoms with Gasteiger partial charge in [0.2, 0.25) is 5.91 Å². The Morgan fingerprint density at radius 3 is 2.76 bits per heavy atom. The average Bonchev–Trinajstić information content (AvgIpc) is 3.34. The fraction of sp³-hybridized carbons (Fsp3) is 0.286. The fourth-order valence-corrected chi connectivity index (χ4v) is 4.78. The van der Waals surface area contributed by atoms with Gasteiger partial charge in [0.1, 0.15) is 15.5 Å². The van der Waals surface area contributed by atoms with Crippen molar-refractivity contribution in [1.29, 1.82) is 0 Å². The molecule has 0 bridgehead atoms. The molecular weight excluding hydrogens is 391 g/mol. The van der Waals surface area contributed by atoms with Gasteiger partial charge >= 0.3 is 0 Å². The summed E-state index contributed by atoms with van der Waals surface area (Å²) in [6.07, 6.45) is 1.96. The monoisotopic (exact) mass is 412 g/mol. The van der Waals surface area contributed by atoms with E-state index in [1.54, 1.807) is 19.2 Å². The van der Waals surface area contributed by atoms with Gasteiger partial charge in [-0.3, -0.25) is 9.59 Å². The predicted molar refractivity (Wildman–Crippen MR) is 111 cm³/mol. The fourth-order valence-electron chi connectivity index (χ4n) is 3.73. The number of thiophene rings is 1. The smallest absolute Gasteiger partial charge is 0.263 e. The third-order valence-corrected chi connectivity index (χ3v) is 6.35. The first-order chi connectivity index (χ1) is 14.0. The van der Waals surface area contributed by atoms with E-state index < -0.39 is 0 Å². The Bertz CT molecular complexity index is 1080. The van der Waals surface area contributed by atoms with Crippen molar-refractivity contribution in [3.63, 3.8) is 0 Å². The molecule has 3 heterocycles. The van der Waals surface area contributed by atoms with Gasteiger partial charge in [-0.05, 0) is 42.7 Å². The molecule has 1 atom stereocenters. The topological polar surface area (TPSA) is 88.3 Å². The van der Waals surface area contributed by atoms with Crippen molar-refractivity contribution in [3.05, 3.63) is 58.3 Å². The van der Waals surface area contributed by atoms with Crippen LogP contribution in [-0.2, 0) is 11.2 Å². The summed E-state index contributed by atoms with van der Waals surface area (Å²) in [5.74, 6) is -0.550. The lowest BCUT2D eigenvalue weighted by Gasteiger charge is -2.24. The lowest BCUT2D eigenvalue weighted by Crippen LogP contribution is -2.32. The summed E-state index contributed by atoms with van der Waals surface area (Å²) < 4.78 is 13.1. The maximum Gasteiger partial charge on any atom is 0.263 e. The molecule has 8 heteroatoms. The average molecular weight is 412 g/mol. The van der Waals surface area contributed by atoms with E-state index >= 15 is 0 Å². The number of nitrogens with two attached hydrogens (primary N) is 1. The van der Waals surface area contributed by atoms with Crippen LogP contribution < -0.4 is 11.1 Å². The quantitative estimate of drug-likeness (QED) is 0.688. The molecule has 150 valence electrons. The van der Waals surface area contributed by atoms with Crippen LogP contribution in [0.25, 0.3) is 10.2 Å². The molecule has 0 radical (unpaired) electrons. The van der Waals surface area contributed by atoms with Crippen LogP contribution in [0.1, 0.15) is 39.8 Å². The standard InChI is InChI=1S/C21H21FN4O2S/c1-24-20(28)19-18(23)14-8-9-15(25-21(14)29-19)16-3-2-10-26(16)17(27)11-12-4-6-13(22)7-5-12/h4-9,16H,2-3,10-11,23H2,1H3,(H,24,28)/t16-/m1/s1. The van der Waals surface area contributed by atoms with E-state index in [1.165, 1.54) is 23.5 Å². The minimum absolute atomic E-state index is 0.00208. The van der Waals surface area contributed by atoms with Crippen LogP contribution in [0.2, 0.25) is 0 Å². The number of anilines is 1. The van der Waals surface area contributed by atoms with Gasteiger partial charge in [0.15, 0.2) is 0 Å². The number of rotatable bonds is 4. The number of carbonyl (C=O) groups excluding carboxylic acids is 2. The molecule has 0 unspecified atom stereocenters. The second kappa shape index (κ2) is 7.79. The largest absolute Gasteiger partial charge is 0.397 e. The normalized spacial score (nSPS) is 16.3. The number of carbonyl (C=O) groups is 2. The van der Waals surface area contributed by atoms with E-state index in [4.69, 9.17) is 10.7 Å². The third-order valence-electron chi connectivity index (χ3n) is 5.23. The number of nitrogen functional groups attached to an aromatic ring is 1. The van der Waals surface area contributed by atoms with E-state index in [2.05, 4.69) is 5.32 Å². The van der Waals surface area contributed by atoms with Crippen molar-refractivity contribution >= 4 is 39.1 Å². The molecule has 1 saturated heterocycles. The number of fused-ring (bicyclic) bond motifs is 1. The second-order valence-electron chi connectivity index (χ2n) is 7.06. The van der Waals surface area contributed by atoms with E-state index in [0.717, 1.165) is 29.5 Å². The van der Waals surface area contributed by atoms with Gasteiger partial charge in [-0.1, -0.05) is 12.1 Å². The molecule has 0 spiro atoms. The number of pyridine rings is 1. The minimum Gasteiger partial charge on any atom is -0.397 e. The number of nitrogens with zero attached hydrogens (tertiary/aromatic N) is 2. The minimum atomic E-state index is -0.316. The van der Waals surface area contributed by atoms with Crippen LogP contribution in [0, 0.1) is 5.82 Å². The molecule has 3 N–H and O–H groups in total. The number of halogens is 1. The molecule has 2 amide bonds. The molecule has 0 saturated carbocycles. The molecule has 1 aliphatic rings. The summed E-state index contributed by atoms with van der Waals surface area (Å²) in [7, 11) is 1.56. The molecule has 6 nitrogen and oxygen atoms in total. The maximum absolute atomic E-state index is 13.1. The Balaban J connectivity index is 1.59. The van der Waals surface area contributed by atoms with Gasteiger partial charge in [0, 0.05) is 19.0 Å². The molecule has 1 aliphatic heterocycles. The summed E-state index contributed by atoms with van der Waals surface area (Å²) in [5.41, 5.74) is 8.12. The van der Waals surface area contributed by atoms with Gasteiger partial charge in [-0.15, -0.1) is 11.3 Å². The van der Waals surface area contributed by atoms with Crippen molar-refractivity contribution in [1.82, 2.24) is 15.2 Å². The van der Waals surface area contributed by atoms with E-state index in [1.807, 2.05) is 17.0 Å². The lowest BCUT2D eigenvalue weighted by molar-refractivity contribution is -0.131. The van der Waals surface area contributed by atoms with Gasteiger partial charge in [-0.25, -0.2) is 9.37 Å². The van der Waals surface area contributed by atoms with E-state index in [-0.39, 0.29) is 30.1 Å². The number of amides is 2. The Morgan fingerprint density at radius 1 is 1.28 bits per heavy atom. The zero-order valence-electron chi connectivity index (χ0n) is 15.9. The summed E-state index contributed by atoms with van der Waals surface area (Å²) in [5, 5.41) is 3.34. The molecule has 1 fully saturated rings. The number of likely N-dealkylation sites (tertiary alicyclic amines) is 1. The first-order valence-electron chi connectivity index (χ1n) is 9.43. The summed E-state index contributed by atoms with van der Waals surface area (Å²) >= 11 is 1.26. The summed E-state index contributed by atoms with van der Waals surface area (Å²) in [6, 6.07) is 9.65. The number of hydrogen-bond donors (Lipinski definition) is 2. The van der Waals surface area contributed by atoms with E-state index in [9.17, 15) is 14.0 Å². The van der Waals surface area contributed by atoms with Crippen molar-refractivity contribution in [2.75, 3.05) is 19.3 Å². The number of aromatic nitrogens is 1. The van der Waals surface area contributed by atoms with Gasteiger partial charge in [-0.2, -0.15) is 0 Å². The van der Waals surface area contributed by atoms with Gasteiger partial charge in [0.05, 0.1) is 23.8 Å². The Hall–Kier alpha value is -3.00. The SMILES string of the molecule is CNC(=O)c1sc2nc([C@H]3CCCN3C(=O)Cc3ccc(F)cc3)ccc2c1N. The zero-order valence-corrected chi connectivity index (χ0v) is 16.8. The van der Waals surface area contributed by atoms with Crippen LogP contribution in [-0.4, -0.2) is 35.3 Å². The molecule has 0 aliphatic carbocycles. The Morgan fingerprint density at radius 2 is 2.03 bits per heavy atom. The molecule has 29 heavy (non-hydrogen) atoms. The van der Waals surface area contributed by atoms with Crippen LogP contribution >= 0.6 is 11.3 Å². The van der Waals surface area contributed by atoms with Crippen LogP contribution in [0.4, 0.5) is 10.1 Å². The van der Waals surface area contributed by atoms with Gasteiger partial charge < -0.3 is 16.0 Å². The molecule has 1 aromatic carbocycles. The first kappa shape index (κ1) is 19.3. The summed E-state index contributed by atoms with van der Waals surface area (Å²) in [6.45, 7) is 0.667. The van der Waals surface area contributed by atoms with Crippen molar-refractivity contribution < 1.29 is 14.0 Å². The van der Waals surface area contributed by atoms with Gasteiger partial charge in [0.25, 0.3) is 5.91 Å². The van der Waals surface area contributed by atoms with Crippen molar-refractivity contribution in [2.24, 2.45) is 0 Å². The number of benzene rings is 1. The summed E-state index contributed by atoms with van der Waals surface area (Å²) in [4.78, 5) is 32.6. The highest BCUT2D eigenvalue weighted by Gasteiger charge is 2.31. The molecule has 4 rings (SSSR count). The maximum atomic E-state index is 13.1. The lowest BCUT2D eigenvalue weighted by atomic mass is 10.1.